The van der Waals surface area contributed by atoms with Gasteiger partial charge in [-0.15, -0.1) is 24.8 Å². The van der Waals surface area contributed by atoms with Gasteiger partial charge in [0.1, 0.15) is 6.61 Å². The van der Waals surface area contributed by atoms with Crippen LogP contribution in [0.5, 0.6) is 11.5 Å². The summed E-state index contributed by atoms with van der Waals surface area (Å²) >= 11 is 0. The van der Waals surface area contributed by atoms with Crippen molar-refractivity contribution in [1.82, 2.24) is 15.2 Å². The van der Waals surface area contributed by atoms with Gasteiger partial charge in [-0.3, -0.25) is 9.78 Å². The molecule has 1 N–H and O–H groups in total. The van der Waals surface area contributed by atoms with Crippen LogP contribution in [0.25, 0.3) is 0 Å². The molecule has 3 heterocycles. The van der Waals surface area contributed by atoms with Gasteiger partial charge in [-0.2, -0.15) is 0 Å². The van der Waals surface area contributed by atoms with E-state index in [4.69, 9.17) is 9.47 Å². The Hall–Kier alpha value is -2.02. The van der Waals surface area contributed by atoms with E-state index in [1.807, 2.05) is 42.2 Å². The Balaban J connectivity index is 0.00000171. The van der Waals surface area contributed by atoms with E-state index in [0.717, 1.165) is 44.6 Å². The largest absolute Gasteiger partial charge is 0.490 e. The SMILES string of the molecule is CCOc1cc(C(=O)N2CC[C@@H]3CNC[C@@H]3CC2)ccc1OCc1cccnc1.Cl.Cl. The molecule has 1 aromatic carbocycles. The van der Waals surface area contributed by atoms with E-state index in [1.54, 1.807) is 12.4 Å². The first-order valence-corrected chi connectivity index (χ1v) is 10.5. The van der Waals surface area contributed by atoms with E-state index >= 15 is 0 Å². The first kappa shape index (κ1) is 25.2. The molecule has 1 aromatic heterocycles. The van der Waals surface area contributed by atoms with E-state index in [-0.39, 0.29) is 30.7 Å². The number of benzene rings is 1. The number of carbonyl (C=O) groups excluding carboxylic acids is 1. The molecule has 0 radical (unpaired) electrons. The fraction of sp³-hybridized carbons (Fsp3) is 0.478. The Morgan fingerprint density at radius 2 is 1.84 bits per heavy atom. The summed E-state index contributed by atoms with van der Waals surface area (Å²) in [5.74, 6) is 2.74. The lowest BCUT2D eigenvalue weighted by atomic mass is 9.92. The molecule has 170 valence electrons. The van der Waals surface area contributed by atoms with E-state index in [9.17, 15) is 4.79 Å². The highest BCUT2D eigenvalue weighted by Gasteiger charge is 2.31. The molecule has 2 aromatic rings. The highest BCUT2D eigenvalue weighted by Crippen LogP contribution is 2.31. The van der Waals surface area contributed by atoms with Crippen LogP contribution in [0, 0.1) is 11.8 Å². The molecule has 0 saturated carbocycles. The van der Waals surface area contributed by atoms with Crippen molar-refractivity contribution in [1.29, 1.82) is 0 Å². The van der Waals surface area contributed by atoms with Crippen LogP contribution in [0.2, 0.25) is 0 Å². The number of fused-ring (bicyclic) bond motifs is 1. The van der Waals surface area contributed by atoms with Gasteiger partial charge in [0.25, 0.3) is 5.91 Å². The number of likely N-dealkylation sites (tertiary alicyclic amines) is 1. The standard InChI is InChI=1S/C23H29N3O3.2ClH/c1-2-28-22-12-18(5-6-21(22)29-16-17-4-3-9-24-13-17)23(27)26-10-7-19-14-25-15-20(19)8-11-26;;/h3-6,9,12-13,19-20,25H,2,7-8,10-11,14-16H2,1H3;2*1H/t19-,20+;;. The average Bonchev–Trinajstić information content (AvgIpc) is 3.11. The molecular weight excluding hydrogens is 437 g/mol. The van der Waals surface area contributed by atoms with Crippen LogP contribution in [0.3, 0.4) is 0 Å². The summed E-state index contributed by atoms with van der Waals surface area (Å²) in [6.07, 6.45) is 5.67. The van der Waals surface area contributed by atoms with Crippen LogP contribution < -0.4 is 14.8 Å². The number of carbonyl (C=O) groups is 1. The van der Waals surface area contributed by atoms with Crippen molar-refractivity contribution >= 4 is 30.7 Å². The van der Waals surface area contributed by atoms with Gasteiger partial charge in [-0.1, -0.05) is 6.07 Å². The van der Waals surface area contributed by atoms with Crippen molar-refractivity contribution in [2.75, 3.05) is 32.8 Å². The van der Waals surface area contributed by atoms with E-state index < -0.39 is 0 Å². The van der Waals surface area contributed by atoms with Crippen LogP contribution in [-0.4, -0.2) is 48.6 Å². The van der Waals surface area contributed by atoms with Crippen molar-refractivity contribution in [2.45, 2.75) is 26.4 Å². The lowest BCUT2D eigenvalue weighted by Crippen LogP contribution is -2.32. The number of aromatic nitrogens is 1. The number of hydrogen-bond acceptors (Lipinski definition) is 5. The van der Waals surface area contributed by atoms with Gasteiger partial charge in [0.2, 0.25) is 0 Å². The first-order chi connectivity index (χ1) is 14.2. The minimum Gasteiger partial charge on any atom is -0.490 e. The van der Waals surface area contributed by atoms with Gasteiger partial charge in [-0.05, 0) is 69.0 Å². The lowest BCUT2D eigenvalue weighted by molar-refractivity contribution is 0.0758. The van der Waals surface area contributed by atoms with E-state index in [1.165, 1.54) is 0 Å². The van der Waals surface area contributed by atoms with Crippen LogP contribution >= 0.6 is 24.8 Å². The molecule has 0 spiro atoms. The summed E-state index contributed by atoms with van der Waals surface area (Å²) in [4.78, 5) is 19.2. The van der Waals surface area contributed by atoms with Crippen molar-refractivity contribution < 1.29 is 14.3 Å². The topological polar surface area (TPSA) is 63.7 Å². The summed E-state index contributed by atoms with van der Waals surface area (Å²) in [6, 6.07) is 9.35. The number of pyridine rings is 1. The Kier molecular flexibility index (Phi) is 9.88. The second kappa shape index (κ2) is 12.1. The first-order valence-electron chi connectivity index (χ1n) is 10.5. The van der Waals surface area contributed by atoms with Crippen molar-refractivity contribution in [3.63, 3.8) is 0 Å². The van der Waals surface area contributed by atoms with Gasteiger partial charge < -0.3 is 19.7 Å². The fourth-order valence-electron chi connectivity index (χ4n) is 4.28. The third-order valence-corrected chi connectivity index (χ3v) is 5.91. The Morgan fingerprint density at radius 1 is 1.10 bits per heavy atom. The van der Waals surface area contributed by atoms with Crippen LogP contribution in [0.4, 0.5) is 0 Å². The zero-order chi connectivity index (χ0) is 20.1. The monoisotopic (exact) mass is 467 g/mol. The number of rotatable bonds is 6. The Bertz CT molecular complexity index is 824. The maximum absolute atomic E-state index is 13.1. The maximum atomic E-state index is 13.1. The molecule has 2 aliphatic heterocycles. The number of hydrogen-bond donors (Lipinski definition) is 1. The average molecular weight is 468 g/mol. The molecule has 4 rings (SSSR count). The quantitative estimate of drug-likeness (QED) is 0.695. The van der Waals surface area contributed by atoms with Crippen LogP contribution in [-0.2, 0) is 6.61 Å². The number of amides is 1. The van der Waals surface area contributed by atoms with Gasteiger partial charge in [-0.25, -0.2) is 0 Å². The van der Waals surface area contributed by atoms with Gasteiger partial charge >= 0.3 is 0 Å². The van der Waals surface area contributed by atoms with Gasteiger partial charge in [0.15, 0.2) is 11.5 Å². The Morgan fingerprint density at radius 3 is 2.48 bits per heavy atom. The molecule has 2 saturated heterocycles. The number of halogens is 2. The summed E-state index contributed by atoms with van der Waals surface area (Å²) in [5.41, 5.74) is 1.65. The number of ether oxygens (including phenoxy) is 2. The smallest absolute Gasteiger partial charge is 0.253 e. The molecule has 2 fully saturated rings. The summed E-state index contributed by atoms with van der Waals surface area (Å²) < 4.78 is 11.7. The number of nitrogens with zero attached hydrogens (tertiary/aromatic N) is 2. The predicted octanol–water partition coefficient (Wildman–Crippen LogP) is 3.97. The summed E-state index contributed by atoms with van der Waals surface area (Å²) in [5, 5.41) is 3.48. The van der Waals surface area contributed by atoms with Gasteiger partial charge in [0, 0.05) is 36.6 Å². The molecule has 0 bridgehead atoms. The Labute approximate surface area is 196 Å². The highest BCUT2D eigenvalue weighted by molar-refractivity contribution is 5.95. The molecule has 0 aliphatic carbocycles. The predicted molar refractivity (Wildman–Crippen MR) is 126 cm³/mol. The third-order valence-electron chi connectivity index (χ3n) is 5.91. The van der Waals surface area contributed by atoms with Crippen LogP contribution in [0.1, 0.15) is 35.7 Å². The second-order valence-corrected chi connectivity index (χ2v) is 7.79. The van der Waals surface area contributed by atoms with E-state index in [2.05, 4.69) is 10.3 Å². The molecule has 1 amide bonds. The highest BCUT2D eigenvalue weighted by atomic mass is 35.5. The molecule has 6 nitrogen and oxygen atoms in total. The van der Waals surface area contributed by atoms with Crippen LogP contribution in [0.15, 0.2) is 42.7 Å². The normalized spacial score (nSPS) is 20.0. The second-order valence-electron chi connectivity index (χ2n) is 7.79. The van der Waals surface area contributed by atoms with Crippen molar-refractivity contribution in [3.05, 3.63) is 53.9 Å². The molecule has 2 aliphatic rings. The van der Waals surface area contributed by atoms with Crippen molar-refractivity contribution in [2.24, 2.45) is 11.8 Å². The van der Waals surface area contributed by atoms with E-state index in [0.29, 0.717) is 42.1 Å². The molecule has 31 heavy (non-hydrogen) atoms. The summed E-state index contributed by atoms with van der Waals surface area (Å²) in [7, 11) is 0. The summed E-state index contributed by atoms with van der Waals surface area (Å²) in [6.45, 7) is 6.68. The number of nitrogens with one attached hydrogen (secondary N) is 1. The molecule has 0 unspecified atom stereocenters. The minimum absolute atomic E-state index is 0. The minimum atomic E-state index is 0. The van der Waals surface area contributed by atoms with Gasteiger partial charge in [0.05, 0.1) is 6.61 Å². The zero-order valence-electron chi connectivity index (χ0n) is 17.8. The lowest BCUT2D eigenvalue weighted by Gasteiger charge is -2.22. The maximum Gasteiger partial charge on any atom is 0.253 e. The fourth-order valence-corrected chi connectivity index (χ4v) is 4.28. The molecular formula is C23H31Cl2N3O3. The molecule has 8 heteroatoms. The zero-order valence-corrected chi connectivity index (χ0v) is 19.4. The third kappa shape index (κ3) is 6.25. The molecule has 2 atom stereocenters. The van der Waals surface area contributed by atoms with Crippen molar-refractivity contribution in [3.8, 4) is 11.5 Å².